The lowest BCUT2D eigenvalue weighted by atomic mass is 10.1. The van der Waals surface area contributed by atoms with Gasteiger partial charge in [0.05, 0.1) is 23.3 Å². The maximum atomic E-state index is 12.7. The van der Waals surface area contributed by atoms with Crippen molar-refractivity contribution in [3.63, 3.8) is 0 Å². The Balaban J connectivity index is 0.000000250. The number of hydrogen-bond acceptors (Lipinski definition) is 6. The number of likely N-dealkylation sites (N-methyl/N-ethyl adjacent to an activating group) is 2. The predicted octanol–water partition coefficient (Wildman–Crippen LogP) is 4.76. The van der Waals surface area contributed by atoms with Gasteiger partial charge in [0.2, 0.25) is 11.8 Å². The molecule has 2 aromatic carbocycles. The van der Waals surface area contributed by atoms with Crippen LogP contribution in [0, 0.1) is 0 Å². The SMILES string of the molecule is C[C@@H]1C/C=C/CCNC(=O)[C@@H](C)N(C)C(=O)c2ccccc2O1.C[C@@H]1C/C=C\CCNC(=O)[C@@H](C)N(C)C(=O)c2ccccc2O1. The summed E-state index contributed by atoms with van der Waals surface area (Å²) in [5.74, 6) is 0.354. The maximum absolute atomic E-state index is 12.7. The molecule has 10 nitrogen and oxygen atoms in total. The van der Waals surface area contributed by atoms with E-state index in [0.29, 0.717) is 35.7 Å². The Hall–Kier alpha value is -4.60. The molecule has 4 atom stereocenters. The third-order valence-corrected chi connectivity index (χ3v) is 7.94. The molecule has 2 aliphatic rings. The Bertz CT molecular complexity index is 1300. The lowest BCUT2D eigenvalue weighted by Gasteiger charge is -2.26. The molecule has 248 valence electrons. The lowest BCUT2D eigenvalue weighted by Crippen LogP contribution is -2.46. The van der Waals surface area contributed by atoms with Gasteiger partial charge in [0.1, 0.15) is 23.6 Å². The first kappa shape index (κ1) is 35.9. The summed E-state index contributed by atoms with van der Waals surface area (Å²) in [5.41, 5.74) is 0.949. The van der Waals surface area contributed by atoms with Gasteiger partial charge in [-0.05, 0) is 64.8 Å². The standard InChI is InChI=1S/2C18H24N2O3/c2*1-13-9-5-4-8-12-19-17(21)14(2)20(3)18(22)15-10-6-7-11-16(15)23-13/h2*4-7,10-11,13-14H,8-9,12H2,1-3H3,(H,19,21)/b5-4+;5-4-/t2*13-,14-/m11/s1. The van der Waals surface area contributed by atoms with Crippen LogP contribution >= 0.6 is 0 Å². The minimum absolute atomic E-state index is 0.0274. The molecule has 4 rings (SSSR count). The third-order valence-electron chi connectivity index (χ3n) is 7.94. The van der Waals surface area contributed by atoms with Gasteiger partial charge in [0.15, 0.2) is 0 Å². The fraction of sp³-hybridized carbons (Fsp3) is 0.444. The molecule has 0 spiro atoms. The molecule has 0 saturated heterocycles. The van der Waals surface area contributed by atoms with E-state index in [2.05, 4.69) is 10.6 Å². The van der Waals surface area contributed by atoms with Crippen LogP contribution in [0.1, 0.15) is 74.1 Å². The molecule has 0 aliphatic carbocycles. The van der Waals surface area contributed by atoms with Crippen molar-refractivity contribution in [3.05, 3.63) is 84.0 Å². The fourth-order valence-electron chi connectivity index (χ4n) is 4.77. The number of para-hydroxylation sites is 2. The van der Waals surface area contributed by atoms with E-state index >= 15 is 0 Å². The molecule has 0 saturated carbocycles. The number of ether oxygens (including phenoxy) is 2. The highest BCUT2D eigenvalue weighted by atomic mass is 16.5. The number of fused-ring (bicyclic) bond motifs is 2. The quantitative estimate of drug-likeness (QED) is 0.405. The van der Waals surface area contributed by atoms with Gasteiger partial charge in [-0.3, -0.25) is 19.2 Å². The normalized spacial score (nSPS) is 24.9. The molecule has 2 aliphatic heterocycles. The van der Waals surface area contributed by atoms with Gasteiger partial charge in [-0.25, -0.2) is 0 Å². The number of hydrogen-bond donors (Lipinski definition) is 2. The van der Waals surface area contributed by atoms with Gasteiger partial charge < -0.3 is 29.9 Å². The molecule has 4 amide bonds. The first-order valence-electron chi connectivity index (χ1n) is 15.9. The molecule has 0 aromatic heterocycles. The van der Waals surface area contributed by atoms with Crippen molar-refractivity contribution in [2.45, 2.75) is 77.7 Å². The molecule has 2 N–H and O–H groups in total. The summed E-state index contributed by atoms with van der Waals surface area (Å²) in [6.45, 7) is 8.53. The maximum Gasteiger partial charge on any atom is 0.258 e. The van der Waals surface area contributed by atoms with Gasteiger partial charge in [0.25, 0.3) is 11.8 Å². The Morgan fingerprint density at radius 2 is 0.957 bits per heavy atom. The topological polar surface area (TPSA) is 117 Å². The highest BCUT2D eigenvalue weighted by Gasteiger charge is 2.27. The molecule has 0 radical (unpaired) electrons. The van der Waals surface area contributed by atoms with Crippen molar-refractivity contribution in [3.8, 4) is 11.5 Å². The van der Waals surface area contributed by atoms with Crippen LogP contribution in [0.2, 0.25) is 0 Å². The summed E-state index contributed by atoms with van der Waals surface area (Å²) < 4.78 is 11.8. The highest BCUT2D eigenvalue weighted by molar-refractivity contribution is 6.00. The van der Waals surface area contributed by atoms with E-state index in [4.69, 9.17) is 9.47 Å². The van der Waals surface area contributed by atoms with Crippen LogP contribution in [0.25, 0.3) is 0 Å². The minimum atomic E-state index is -0.542. The average molecular weight is 633 g/mol. The zero-order valence-corrected chi connectivity index (χ0v) is 27.8. The minimum Gasteiger partial charge on any atom is -0.490 e. The molecule has 2 heterocycles. The van der Waals surface area contributed by atoms with E-state index in [1.54, 1.807) is 64.3 Å². The Morgan fingerprint density at radius 3 is 1.35 bits per heavy atom. The second kappa shape index (κ2) is 17.8. The monoisotopic (exact) mass is 632 g/mol. The molecule has 2 aromatic rings. The zero-order valence-electron chi connectivity index (χ0n) is 27.8. The number of amides is 4. The number of rotatable bonds is 0. The largest absolute Gasteiger partial charge is 0.490 e. The van der Waals surface area contributed by atoms with Gasteiger partial charge in [0, 0.05) is 40.0 Å². The van der Waals surface area contributed by atoms with Gasteiger partial charge in [-0.2, -0.15) is 0 Å². The summed E-state index contributed by atoms with van der Waals surface area (Å²) in [6.07, 6.45) is 11.1. The van der Waals surface area contributed by atoms with Crippen molar-refractivity contribution < 1.29 is 28.7 Å². The van der Waals surface area contributed by atoms with Gasteiger partial charge >= 0.3 is 0 Å². The average Bonchev–Trinajstić information content (AvgIpc) is 3.05. The first-order chi connectivity index (χ1) is 22.0. The van der Waals surface area contributed by atoms with Crippen molar-refractivity contribution in [1.29, 1.82) is 0 Å². The summed E-state index contributed by atoms with van der Waals surface area (Å²) in [5, 5.41) is 5.71. The third kappa shape index (κ3) is 10.2. The van der Waals surface area contributed by atoms with Crippen LogP contribution in [0.4, 0.5) is 0 Å². The van der Waals surface area contributed by atoms with Crippen molar-refractivity contribution >= 4 is 23.6 Å². The van der Waals surface area contributed by atoms with Crippen molar-refractivity contribution in [2.24, 2.45) is 0 Å². The van der Waals surface area contributed by atoms with Crippen LogP contribution in [0.5, 0.6) is 11.5 Å². The van der Waals surface area contributed by atoms with Crippen LogP contribution in [-0.4, -0.2) is 84.9 Å². The summed E-state index contributed by atoms with van der Waals surface area (Å²) in [4.78, 5) is 52.6. The Labute approximate surface area is 272 Å². The molecule has 0 bridgehead atoms. The Morgan fingerprint density at radius 1 is 0.587 bits per heavy atom. The molecular weight excluding hydrogens is 584 g/mol. The zero-order chi connectivity index (χ0) is 33.6. The van der Waals surface area contributed by atoms with E-state index in [1.807, 2.05) is 50.3 Å². The molecule has 0 unspecified atom stereocenters. The van der Waals surface area contributed by atoms with Crippen LogP contribution in [0.15, 0.2) is 72.8 Å². The van der Waals surface area contributed by atoms with Crippen molar-refractivity contribution in [2.75, 3.05) is 27.2 Å². The van der Waals surface area contributed by atoms with E-state index in [1.165, 1.54) is 9.80 Å². The summed E-state index contributed by atoms with van der Waals surface area (Å²) >= 11 is 0. The number of carbonyl (C=O) groups excluding carboxylic acids is 4. The van der Waals surface area contributed by atoms with E-state index in [-0.39, 0.29) is 35.8 Å². The number of carbonyl (C=O) groups is 4. The Kier molecular flexibility index (Phi) is 13.9. The second-order valence-electron chi connectivity index (χ2n) is 11.6. The molecule has 10 heteroatoms. The van der Waals surface area contributed by atoms with Gasteiger partial charge in [-0.15, -0.1) is 0 Å². The summed E-state index contributed by atoms with van der Waals surface area (Å²) in [6, 6.07) is 13.2. The summed E-state index contributed by atoms with van der Waals surface area (Å²) in [7, 11) is 3.27. The van der Waals surface area contributed by atoms with Crippen molar-refractivity contribution in [1.82, 2.24) is 20.4 Å². The van der Waals surface area contributed by atoms with Crippen LogP contribution in [-0.2, 0) is 9.59 Å². The van der Waals surface area contributed by atoms with E-state index < -0.39 is 12.1 Å². The van der Waals surface area contributed by atoms with E-state index in [9.17, 15) is 19.2 Å². The van der Waals surface area contributed by atoms with Crippen LogP contribution < -0.4 is 20.1 Å². The predicted molar refractivity (Wildman–Crippen MR) is 179 cm³/mol. The first-order valence-corrected chi connectivity index (χ1v) is 15.9. The highest BCUT2D eigenvalue weighted by Crippen LogP contribution is 2.24. The van der Waals surface area contributed by atoms with E-state index in [0.717, 1.165) is 25.7 Å². The second-order valence-corrected chi connectivity index (χ2v) is 11.6. The number of nitrogens with one attached hydrogen (secondary N) is 2. The molecular formula is C36H48N4O6. The molecule has 46 heavy (non-hydrogen) atoms. The smallest absolute Gasteiger partial charge is 0.258 e. The number of benzene rings is 2. The lowest BCUT2D eigenvalue weighted by molar-refractivity contribution is -0.125. The fourth-order valence-corrected chi connectivity index (χ4v) is 4.77. The van der Waals surface area contributed by atoms with Gasteiger partial charge in [-0.1, -0.05) is 48.6 Å². The van der Waals surface area contributed by atoms with Crippen LogP contribution in [0.3, 0.4) is 0 Å². The molecule has 0 fully saturated rings. The number of nitrogens with zero attached hydrogens (tertiary/aromatic N) is 2.